The molecule has 0 atom stereocenters. The lowest BCUT2D eigenvalue weighted by Gasteiger charge is -2.12. The van der Waals surface area contributed by atoms with Crippen LogP contribution in [0.25, 0.3) is 0 Å². The molecule has 1 N–H and O–H groups in total. The lowest BCUT2D eigenvalue weighted by atomic mass is 10.1. The highest BCUT2D eigenvalue weighted by molar-refractivity contribution is 9.10. The zero-order chi connectivity index (χ0) is 16.2. The number of hydrogen-bond acceptors (Lipinski definition) is 3. The van der Waals surface area contributed by atoms with Crippen molar-refractivity contribution in [3.05, 3.63) is 51.5 Å². The molecule has 0 fully saturated rings. The molecule has 0 saturated heterocycles. The third-order valence-electron chi connectivity index (χ3n) is 3.35. The predicted molar refractivity (Wildman–Crippen MR) is 93.5 cm³/mol. The topological polar surface area (TPSA) is 47.6 Å². The van der Waals surface area contributed by atoms with Crippen molar-refractivity contribution in [2.45, 2.75) is 12.8 Å². The van der Waals surface area contributed by atoms with Crippen molar-refractivity contribution in [1.29, 1.82) is 0 Å². The molecular weight excluding hydrogens is 382 g/mol. The van der Waals surface area contributed by atoms with E-state index in [-0.39, 0.29) is 12.3 Å². The van der Waals surface area contributed by atoms with Gasteiger partial charge in [0.15, 0.2) is 11.5 Å². The average molecular weight is 397 g/mol. The number of ether oxygens (including phenoxy) is 2. The standard InChI is InChI=1S/C17H15BrClNO3/c18-12-2-4-13(5-3-12)20-16(21)10-11-8-14(19)17-15(9-11)22-6-1-7-23-17/h2-5,8-9H,1,6-7,10H2,(H,20,21). The SMILES string of the molecule is O=C(Cc1cc(Cl)c2c(c1)OCCCO2)Nc1ccc(Br)cc1. The Morgan fingerprint density at radius 2 is 1.91 bits per heavy atom. The fourth-order valence-electron chi connectivity index (χ4n) is 2.31. The number of rotatable bonds is 3. The molecule has 0 aromatic heterocycles. The van der Waals surface area contributed by atoms with Crippen LogP contribution in [0.2, 0.25) is 5.02 Å². The molecule has 0 bridgehead atoms. The van der Waals surface area contributed by atoms with Gasteiger partial charge in [0.05, 0.1) is 24.7 Å². The summed E-state index contributed by atoms with van der Waals surface area (Å²) in [4.78, 5) is 12.2. The second-order valence-electron chi connectivity index (χ2n) is 5.19. The largest absolute Gasteiger partial charge is 0.489 e. The second-order valence-corrected chi connectivity index (χ2v) is 6.51. The first-order valence-electron chi connectivity index (χ1n) is 7.25. The van der Waals surface area contributed by atoms with Crippen LogP contribution in [0.1, 0.15) is 12.0 Å². The highest BCUT2D eigenvalue weighted by Gasteiger charge is 2.16. The normalized spacial score (nSPS) is 13.3. The third-order valence-corrected chi connectivity index (χ3v) is 4.16. The van der Waals surface area contributed by atoms with Gasteiger partial charge in [-0.1, -0.05) is 27.5 Å². The van der Waals surface area contributed by atoms with Gasteiger partial charge in [-0.05, 0) is 42.0 Å². The van der Waals surface area contributed by atoms with Gasteiger partial charge in [-0.15, -0.1) is 0 Å². The monoisotopic (exact) mass is 395 g/mol. The molecule has 1 aliphatic rings. The van der Waals surface area contributed by atoms with Crippen molar-refractivity contribution in [2.24, 2.45) is 0 Å². The number of halogens is 2. The first-order valence-corrected chi connectivity index (χ1v) is 8.42. The van der Waals surface area contributed by atoms with E-state index in [1.165, 1.54) is 0 Å². The highest BCUT2D eigenvalue weighted by atomic mass is 79.9. The lowest BCUT2D eigenvalue weighted by Crippen LogP contribution is -2.14. The minimum Gasteiger partial charge on any atom is -0.489 e. The maximum absolute atomic E-state index is 12.2. The smallest absolute Gasteiger partial charge is 0.228 e. The number of carbonyl (C=O) groups excluding carboxylic acids is 1. The van der Waals surface area contributed by atoms with Crippen LogP contribution >= 0.6 is 27.5 Å². The number of hydrogen-bond donors (Lipinski definition) is 1. The van der Waals surface area contributed by atoms with Crippen LogP contribution in [-0.2, 0) is 11.2 Å². The number of anilines is 1. The van der Waals surface area contributed by atoms with Crippen molar-refractivity contribution in [3.8, 4) is 11.5 Å². The van der Waals surface area contributed by atoms with Crippen LogP contribution in [-0.4, -0.2) is 19.1 Å². The summed E-state index contributed by atoms with van der Waals surface area (Å²) in [6, 6.07) is 11.0. The second kappa shape index (κ2) is 7.23. The molecule has 0 unspecified atom stereocenters. The van der Waals surface area contributed by atoms with Crippen molar-refractivity contribution >= 4 is 39.1 Å². The van der Waals surface area contributed by atoms with Gasteiger partial charge in [0, 0.05) is 16.6 Å². The molecule has 120 valence electrons. The summed E-state index contributed by atoms with van der Waals surface area (Å²) in [6.45, 7) is 1.16. The molecule has 2 aromatic rings. The molecule has 3 rings (SSSR count). The Hall–Kier alpha value is -1.72. The van der Waals surface area contributed by atoms with E-state index in [2.05, 4.69) is 21.2 Å². The Morgan fingerprint density at radius 3 is 2.70 bits per heavy atom. The summed E-state index contributed by atoms with van der Waals surface area (Å²) >= 11 is 9.60. The quantitative estimate of drug-likeness (QED) is 0.834. The summed E-state index contributed by atoms with van der Waals surface area (Å²) in [5.41, 5.74) is 1.53. The summed E-state index contributed by atoms with van der Waals surface area (Å²) in [5, 5.41) is 3.32. The van der Waals surface area contributed by atoms with E-state index in [4.69, 9.17) is 21.1 Å². The van der Waals surface area contributed by atoms with Gasteiger partial charge >= 0.3 is 0 Å². The fraction of sp³-hybridized carbons (Fsp3) is 0.235. The Balaban J connectivity index is 1.72. The van der Waals surface area contributed by atoms with Crippen molar-refractivity contribution in [2.75, 3.05) is 18.5 Å². The van der Waals surface area contributed by atoms with E-state index in [0.29, 0.717) is 29.7 Å². The van der Waals surface area contributed by atoms with Gasteiger partial charge in [-0.3, -0.25) is 4.79 Å². The molecule has 2 aromatic carbocycles. The Kier molecular flexibility index (Phi) is 5.08. The lowest BCUT2D eigenvalue weighted by molar-refractivity contribution is -0.115. The molecule has 23 heavy (non-hydrogen) atoms. The number of nitrogens with one attached hydrogen (secondary N) is 1. The van der Waals surface area contributed by atoms with Crippen molar-refractivity contribution < 1.29 is 14.3 Å². The minimum absolute atomic E-state index is 0.113. The highest BCUT2D eigenvalue weighted by Crippen LogP contribution is 2.38. The molecule has 1 amide bonds. The van der Waals surface area contributed by atoms with Gasteiger partial charge in [0.25, 0.3) is 0 Å². The van der Waals surface area contributed by atoms with Crippen LogP contribution in [0.4, 0.5) is 5.69 Å². The maximum atomic E-state index is 12.2. The van der Waals surface area contributed by atoms with Crippen LogP contribution in [0.15, 0.2) is 40.9 Å². The number of amides is 1. The van der Waals surface area contributed by atoms with E-state index in [0.717, 1.165) is 22.1 Å². The number of benzene rings is 2. The van der Waals surface area contributed by atoms with Crippen LogP contribution < -0.4 is 14.8 Å². The minimum atomic E-state index is -0.113. The van der Waals surface area contributed by atoms with E-state index in [1.807, 2.05) is 30.3 Å². The summed E-state index contributed by atoms with van der Waals surface area (Å²) in [7, 11) is 0. The van der Waals surface area contributed by atoms with Gasteiger partial charge < -0.3 is 14.8 Å². The van der Waals surface area contributed by atoms with Crippen molar-refractivity contribution in [1.82, 2.24) is 0 Å². The third kappa shape index (κ3) is 4.18. The Morgan fingerprint density at radius 1 is 1.17 bits per heavy atom. The van der Waals surface area contributed by atoms with E-state index in [9.17, 15) is 4.79 Å². The van der Waals surface area contributed by atoms with Crippen LogP contribution in [0, 0.1) is 0 Å². The Labute approximate surface area is 147 Å². The predicted octanol–water partition coefficient (Wildman–Crippen LogP) is 4.45. The molecule has 0 saturated carbocycles. The van der Waals surface area contributed by atoms with Gasteiger partial charge in [0.2, 0.25) is 5.91 Å². The summed E-state index contributed by atoms with van der Waals surface area (Å²) < 4.78 is 12.2. The van der Waals surface area contributed by atoms with Crippen LogP contribution in [0.5, 0.6) is 11.5 Å². The molecule has 0 spiro atoms. The number of carbonyl (C=O) groups is 1. The van der Waals surface area contributed by atoms with E-state index >= 15 is 0 Å². The molecule has 4 nitrogen and oxygen atoms in total. The molecular formula is C17H15BrClNO3. The molecule has 0 aliphatic carbocycles. The zero-order valence-electron chi connectivity index (χ0n) is 12.3. The zero-order valence-corrected chi connectivity index (χ0v) is 14.6. The van der Waals surface area contributed by atoms with E-state index < -0.39 is 0 Å². The molecule has 0 radical (unpaired) electrons. The molecule has 1 heterocycles. The fourth-order valence-corrected chi connectivity index (χ4v) is 2.86. The summed E-state index contributed by atoms with van der Waals surface area (Å²) in [5.74, 6) is 1.04. The molecule has 6 heteroatoms. The van der Waals surface area contributed by atoms with Gasteiger partial charge in [-0.2, -0.15) is 0 Å². The summed E-state index contributed by atoms with van der Waals surface area (Å²) in [6.07, 6.45) is 1.02. The maximum Gasteiger partial charge on any atom is 0.228 e. The van der Waals surface area contributed by atoms with Gasteiger partial charge in [0.1, 0.15) is 0 Å². The van der Waals surface area contributed by atoms with E-state index in [1.54, 1.807) is 6.07 Å². The van der Waals surface area contributed by atoms with Gasteiger partial charge in [-0.25, -0.2) is 0 Å². The van der Waals surface area contributed by atoms with Crippen molar-refractivity contribution in [3.63, 3.8) is 0 Å². The number of fused-ring (bicyclic) bond motifs is 1. The average Bonchev–Trinajstić information content (AvgIpc) is 2.75. The van der Waals surface area contributed by atoms with Crippen LogP contribution in [0.3, 0.4) is 0 Å². The Bertz CT molecular complexity index is 719. The molecule has 1 aliphatic heterocycles. The first kappa shape index (κ1) is 16.1. The first-order chi connectivity index (χ1) is 11.1.